The Morgan fingerprint density at radius 3 is 2.94 bits per heavy atom. The maximum Gasteiger partial charge on any atom is 0.0598 e. The van der Waals surface area contributed by atoms with Gasteiger partial charge in [0, 0.05) is 25.2 Å². The smallest absolute Gasteiger partial charge is 0.0598 e. The molecule has 3 heteroatoms. The summed E-state index contributed by atoms with van der Waals surface area (Å²) in [5.41, 5.74) is 1.40. The van der Waals surface area contributed by atoms with Crippen LogP contribution in [-0.4, -0.2) is 30.6 Å². The van der Waals surface area contributed by atoms with Gasteiger partial charge in [0.15, 0.2) is 0 Å². The summed E-state index contributed by atoms with van der Waals surface area (Å²) in [5.74, 6) is 2.72. The molecule has 1 fully saturated rings. The SMILES string of the molecule is C#CCN1CCC(NC(C)c2ccsc2)CC1. The minimum Gasteiger partial charge on any atom is -0.307 e. The van der Waals surface area contributed by atoms with E-state index in [0.717, 1.165) is 19.6 Å². The fourth-order valence-corrected chi connectivity index (χ4v) is 3.11. The van der Waals surface area contributed by atoms with E-state index in [4.69, 9.17) is 6.42 Å². The van der Waals surface area contributed by atoms with Crippen molar-refractivity contribution in [3.8, 4) is 12.3 Å². The number of likely N-dealkylation sites (tertiary alicyclic amines) is 1. The third kappa shape index (κ3) is 3.57. The summed E-state index contributed by atoms with van der Waals surface area (Å²) in [6.07, 6.45) is 7.74. The van der Waals surface area contributed by atoms with Crippen molar-refractivity contribution in [2.45, 2.75) is 31.8 Å². The number of thiophene rings is 1. The highest BCUT2D eigenvalue weighted by Gasteiger charge is 2.20. The Morgan fingerprint density at radius 1 is 1.59 bits per heavy atom. The van der Waals surface area contributed by atoms with Crippen molar-refractivity contribution < 1.29 is 0 Å². The van der Waals surface area contributed by atoms with Crippen molar-refractivity contribution >= 4 is 11.3 Å². The van der Waals surface area contributed by atoms with Crippen molar-refractivity contribution in [1.82, 2.24) is 10.2 Å². The van der Waals surface area contributed by atoms with Gasteiger partial charge in [-0.2, -0.15) is 11.3 Å². The Kier molecular flexibility index (Phi) is 4.61. The van der Waals surface area contributed by atoms with Crippen LogP contribution in [0.25, 0.3) is 0 Å². The van der Waals surface area contributed by atoms with Crippen LogP contribution in [0.4, 0.5) is 0 Å². The van der Waals surface area contributed by atoms with E-state index in [0.29, 0.717) is 12.1 Å². The Morgan fingerprint density at radius 2 is 2.35 bits per heavy atom. The van der Waals surface area contributed by atoms with Crippen molar-refractivity contribution in [2.75, 3.05) is 19.6 Å². The van der Waals surface area contributed by atoms with Crippen molar-refractivity contribution in [1.29, 1.82) is 0 Å². The molecule has 0 saturated carbocycles. The van der Waals surface area contributed by atoms with Crippen molar-refractivity contribution in [3.63, 3.8) is 0 Å². The number of nitrogens with zero attached hydrogens (tertiary/aromatic N) is 1. The van der Waals surface area contributed by atoms with Gasteiger partial charge in [-0.15, -0.1) is 6.42 Å². The molecule has 1 aromatic rings. The molecule has 1 N–H and O–H groups in total. The van der Waals surface area contributed by atoms with Gasteiger partial charge in [0.2, 0.25) is 0 Å². The molecule has 1 aliphatic rings. The molecule has 0 aliphatic carbocycles. The third-order valence-corrected chi connectivity index (χ3v) is 4.13. The molecule has 0 spiro atoms. The highest BCUT2D eigenvalue weighted by atomic mass is 32.1. The second-order valence-electron chi connectivity index (χ2n) is 4.70. The Balaban J connectivity index is 1.77. The first-order chi connectivity index (χ1) is 8.29. The molecule has 1 aliphatic heterocycles. The van der Waals surface area contributed by atoms with E-state index in [2.05, 4.69) is 39.9 Å². The van der Waals surface area contributed by atoms with E-state index in [9.17, 15) is 0 Å². The van der Waals surface area contributed by atoms with Gasteiger partial charge in [0.05, 0.1) is 6.54 Å². The molecule has 1 unspecified atom stereocenters. The fourth-order valence-electron chi connectivity index (χ4n) is 2.36. The van der Waals surface area contributed by atoms with Crippen LogP contribution < -0.4 is 5.32 Å². The lowest BCUT2D eigenvalue weighted by Crippen LogP contribution is -2.43. The lowest BCUT2D eigenvalue weighted by Gasteiger charge is -2.32. The lowest BCUT2D eigenvalue weighted by molar-refractivity contribution is 0.211. The van der Waals surface area contributed by atoms with Crippen LogP contribution in [0.15, 0.2) is 16.8 Å². The zero-order chi connectivity index (χ0) is 12.1. The average Bonchev–Trinajstić information content (AvgIpc) is 2.86. The van der Waals surface area contributed by atoms with Gasteiger partial charge in [0.25, 0.3) is 0 Å². The molecule has 1 saturated heterocycles. The molecule has 17 heavy (non-hydrogen) atoms. The summed E-state index contributed by atoms with van der Waals surface area (Å²) in [6.45, 7) is 5.29. The minimum absolute atomic E-state index is 0.463. The molecule has 0 amide bonds. The van der Waals surface area contributed by atoms with E-state index >= 15 is 0 Å². The van der Waals surface area contributed by atoms with Gasteiger partial charge in [0.1, 0.15) is 0 Å². The van der Waals surface area contributed by atoms with Gasteiger partial charge in [-0.1, -0.05) is 5.92 Å². The normalized spacial score (nSPS) is 20.0. The predicted molar refractivity (Wildman–Crippen MR) is 74.2 cm³/mol. The highest BCUT2D eigenvalue weighted by Crippen LogP contribution is 2.19. The van der Waals surface area contributed by atoms with Crippen LogP contribution in [0.5, 0.6) is 0 Å². The number of hydrogen-bond acceptors (Lipinski definition) is 3. The molecule has 2 nitrogen and oxygen atoms in total. The van der Waals surface area contributed by atoms with Crippen molar-refractivity contribution in [2.24, 2.45) is 0 Å². The van der Waals surface area contributed by atoms with Crippen LogP contribution in [0, 0.1) is 12.3 Å². The van der Waals surface area contributed by atoms with Crippen LogP contribution in [-0.2, 0) is 0 Å². The van der Waals surface area contributed by atoms with Crippen LogP contribution in [0.3, 0.4) is 0 Å². The Bertz CT molecular complexity index is 358. The quantitative estimate of drug-likeness (QED) is 0.824. The summed E-state index contributed by atoms with van der Waals surface area (Å²) in [6, 6.07) is 3.31. The first kappa shape index (κ1) is 12.6. The van der Waals surface area contributed by atoms with E-state index in [-0.39, 0.29) is 0 Å². The third-order valence-electron chi connectivity index (χ3n) is 3.43. The summed E-state index contributed by atoms with van der Waals surface area (Å²) < 4.78 is 0. The van der Waals surface area contributed by atoms with Gasteiger partial charge in [-0.25, -0.2) is 0 Å². The second-order valence-corrected chi connectivity index (χ2v) is 5.48. The molecule has 0 bridgehead atoms. The van der Waals surface area contributed by atoms with E-state index < -0.39 is 0 Å². The zero-order valence-corrected chi connectivity index (χ0v) is 11.2. The lowest BCUT2D eigenvalue weighted by atomic mass is 10.0. The molecule has 1 atom stereocenters. The maximum atomic E-state index is 5.33. The van der Waals surface area contributed by atoms with Crippen LogP contribution in [0.1, 0.15) is 31.4 Å². The maximum absolute atomic E-state index is 5.33. The summed E-state index contributed by atoms with van der Waals surface area (Å²) in [4.78, 5) is 2.35. The summed E-state index contributed by atoms with van der Waals surface area (Å²) in [7, 11) is 0. The van der Waals surface area contributed by atoms with E-state index in [1.807, 2.05) is 0 Å². The number of piperidine rings is 1. The van der Waals surface area contributed by atoms with Gasteiger partial charge in [-0.05, 0) is 42.2 Å². The monoisotopic (exact) mass is 248 g/mol. The molecule has 0 radical (unpaired) electrons. The fraction of sp³-hybridized carbons (Fsp3) is 0.571. The molecular formula is C14H20N2S. The number of rotatable bonds is 4. The molecule has 2 heterocycles. The standard InChI is InChI=1S/C14H20N2S/c1-3-7-16-8-4-14(5-9-16)15-12(2)13-6-10-17-11-13/h1,6,10-12,14-15H,4-5,7-9H2,2H3. The van der Waals surface area contributed by atoms with Gasteiger partial charge >= 0.3 is 0 Å². The number of nitrogens with one attached hydrogen (secondary N) is 1. The van der Waals surface area contributed by atoms with Crippen LogP contribution >= 0.6 is 11.3 Å². The van der Waals surface area contributed by atoms with Gasteiger partial charge < -0.3 is 5.32 Å². The van der Waals surface area contributed by atoms with Gasteiger partial charge in [-0.3, -0.25) is 4.90 Å². The van der Waals surface area contributed by atoms with Crippen molar-refractivity contribution in [3.05, 3.63) is 22.4 Å². The molecule has 1 aromatic heterocycles. The molecule has 0 aromatic carbocycles. The van der Waals surface area contributed by atoms with E-state index in [1.165, 1.54) is 18.4 Å². The first-order valence-corrected chi connectivity index (χ1v) is 7.18. The summed E-state index contributed by atoms with van der Waals surface area (Å²) in [5, 5.41) is 8.08. The minimum atomic E-state index is 0.463. The molecular weight excluding hydrogens is 228 g/mol. The molecule has 2 rings (SSSR count). The Hall–Kier alpha value is -0.820. The van der Waals surface area contributed by atoms with Crippen LogP contribution in [0.2, 0.25) is 0 Å². The number of terminal acetylenes is 1. The summed E-state index contributed by atoms with van der Waals surface area (Å²) >= 11 is 1.77. The topological polar surface area (TPSA) is 15.3 Å². The second kappa shape index (κ2) is 6.20. The average molecular weight is 248 g/mol. The predicted octanol–water partition coefficient (Wildman–Crippen LogP) is 2.50. The number of hydrogen-bond donors (Lipinski definition) is 1. The zero-order valence-electron chi connectivity index (χ0n) is 10.4. The Labute approximate surface area is 108 Å². The largest absolute Gasteiger partial charge is 0.307 e. The highest BCUT2D eigenvalue weighted by molar-refractivity contribution is 7.07. The molecule has 92 valence electrons. The first-order valence-electron chi connectivity index (χ1n) is 6.23. The van der Waals surface area contributed by atoms with E-state index in [1.54, 1.807) is 11.3 Å².